The number of likely N-dealkylation sites (N-methyl/N-ethyl adjacent to an activating group) is 1. The second-order valence-electron chi connectivity index (χ2n) is 6.39. The van der Waals surface area contributed by atoms with E-state index in [1.54, 1.807) is 0 Å². The van der Waals surface area contributed by atoms with Crippen molar-refractivity contribution in [1.29, 1.82) is 0 Å². The Morgan fingerprint density at radius 3 is 2.70 bits per heavy atom. The van der Waals surface area contributed by atoms with E-state index < -0.39 is 0 Å². The summed E-state index contributed by atoms with van der Waals surface area (Å²) in [7, 11) is 2.11. The molecular weight excluding hydrogens is 244 g/mol. The molecule has 2 nitrogen and oxygen atoms in total. The van der Waals surface area contributed by atoms with Crippen LogP contribution in [0.15, 0.2) is 36.5 Å². The molecule has 1 aliphatic carbocycles. The molecule has 2 aromatic rings. The molecule has 1 aromatic heterocycles. The number of para-hydroxylation sites is 1. The first-order valence-corrected chi connectivity index (χ1v) is 7.73. The number of nitrogens with one attached hydrogen (secondary N) is 1. The zero-order valence-electron chi connectivity index (χ0n) is 12.5. The number of fused-ring (bicyclic) bond motifs is 1. The minimum atomic E-state index is 0.444. The fourth-order valence-corrected chi connectivity index (χ4v) is 3.78. The van der Waals surface area contributed by atoms with Crippen molar-refractivity contribution in [3.05, 3.63) is 42.1 Å². The summed E-state index contributed by atoms with van der Waals surface area (Å²) in [6.07, 6.45) is 8.50. The van der Waals surface area contributed by atoms with Crippen LogP contribution in [0.2, 0.25) is 0 Å². The molecule has 1 atom stereocenters. The summed E-state index contributed by atoms with van der Waals surface area (Å²) in [4.78, 5) is 4.47. The quantitative estimate of drug-likeness (QED) is 0.908. The topological polar surface area (TPSA) is 24.9 Å². The van der Waals surface area contributed by atoms with Gasteiger partial charge >= 0.3 is 0 Å². The molecule has 0 spiro atoms. The average molecular weight is 268 g/mol. The van der Waals surface area contributed by atoms with Gasteiger partial charge in [0.25, 0.3) is 0 Å². The van der Waals surface area contributed by atoms with Gasteiger partial charge in [-0.15, -0.1) is 0 Å². The van der Waals surface area contributed by atoms with Crippen molar-refractivity contribution in [2.45, 2.75) is 45.1 Å². The number of aromatic nitrogens is 1. The predicted molar refractivity (Wildman–Crippen MR) is 84.9 cm³/mol. The first kappa shape index (κ1) is 13.6. The summed E-state index contributed by atoms with van der Waals surface area (Å²) < 4.78 is 0. The maximum Gasteiger partial charge on any atom is 0.0704 e. The Hall–Kier alpha value is -1.41. The van der Waals surface area contributed by atoms with Gasteiger partial charge in [-0.05, 0) is 49.4 Å². The van der Waals surface area contributed by atoms with Crippen LogP contribution in [0.4, 0.5) is 0 Å². The predicted octanol–water partition coefficient (Wildman–Crippen LogP) is 3.95. The summed E-state index contributed by atoms with van der Waals surface area (Å²) >= 11 is 0. The molecule has 1 saturated carbocycles. The zero-order valence-corrected chi connectivity index (χ0v) is 12.5. The van der Waals surface area contributed by atoms with Crippen LogP contribution in [0.5, 0.6) is 0 Å². The van der Waals surface area contributed by atoms with Crippen LogP contribution in [-0.2, 0) is 6.42 Å². The number of pyridine rings is 1. The molecule has 0 amide bonds. The lowest BCUT2D eigenvalue weighted by atomic mass is 9.77. The maximum absolute atomic E-state index is 4.47. The van der Waals surface area contributed by atoms with E-state index in [1.165, 1.54) is 36.6 Å². The van der Waals surface area contributed by atoms with Gasteiger partial charge in [-0.25, -0.2) is 0 Å². The summed E-state index contributed by atoms with van der Waals surface area (Å²) in [6, 6.07) is 11.2. The molecule has 2 heteroatoms. The monoisotopic (exact) mass is 268 g/mol. The first-order valence-electron chi connectivity index (χ1n) is 7.73. The van der Waals surface area contributed by atoms with Crippen LogP contribution in [-0.4, -0.2) is 18.1 Å². The highest BCUT2D eigenvalue weighted by Crippen LogP contribution is 2.41. The van der Waals surface area contributed by atoms with Crippen LogP contribution in [0, 0.1) is 5.41 Å². The highest BCUT2D eigenvalue weighted by molar-refractivity contribution is 5.81. The van der Waals surface area contributed by atoms with Crippen molar-refractivity contribution in [2.75, 3.05) is 7.05 Å². The summed E-state index contributed by atoms with van der Waals surface area (Å²) in [5.74, 6) is 0. The molecule has 0 radical (unpaired) electrons. The van der Waals surface area contributed by atoms with Crippen molar-refractivity contribution in [3.63, 3.8) is 0 Å². The van der Waals surface area contributed by atoms with Crippen molar-refractivity contribution in [2.24, 2.45) is 5.41 Å². The molecule has 3 rings (SSSR count). The van der Waals surface area contributed by atoms with E-state index in [4.69, 9.17) is 0 Å². The van der Waals surface area contributed by atoms with Crippen molar-refractivity contribution in [1.82, 2.24) is 10.3 Å². The summed E-state index contributed by atoms with van der Waals surface area (Å²) in [6.45, 7) is 2.45. The molecular formula is C18H24N2. The molecule has 0 saturated heterocycles. The Labute approximate surface area is 121 Å². The van der Waals surface area contributed by atoms with E-state index in [0.717, 1.165) is 11.9 Å². The highest BCUT2D eigenvalue weighted by Gasteiger charge is 2.36. The third-order valence-corrected chi connectivity index (χ3v) is 5.10. The van der Waals surface area contributed by atoms with Gasteiger partial charge in [0.1, 0.15) is 0 Å². The van der Waals surface area contributed by atoms with Gasteiger partial charge in [0.2, 0.25) is 0 Å². The average Bonchev–Trinajstić information content (AvgIpc) is 2.92. The molecule has 20 heavy (non-hydrogen) atoms. The van der Waals surface area contributed by atoms with Gasteiger partial charge in [-0.3, -0.25) is 4.98 Å². The third-order valence-electron chi connectivity index (χ3n) is 5.10. The molecule has 106 valence electrons. The lowest BCUT2D eigenvalue weighted by Gasteiger charge is -2.34. The van der Waals surface area contributed by atoms with Crippen LogP contribution in [0.3, 0.4) is 0 Å². The number of hydrogen-bond donors (Lipinski definition) is 1. The molecule has 1 N–H and O–H groups in total. The Morgan fingerprint density at radius 1 is 1.20 bits per heavy atom. The molecule has 1 heterocycles. The largest absolute Gasteiger partial charge is 0.316 e. The lowest BCUT2D eigenvalue weighted by Crippen LogP contribution is -2.41. The molecule has 1 aromatic carbocycles. The first-order chi connectivity index (χ1) is 9.73. The van der Waals surface area contributed by atoms with E-state index in [9.17, 15) is 0 Å². The SMILES string of the molecule is CNC(Cc1ccnc2ccccc12)C1(C)CCCC1. The van der Waals surface area contributed by atoms with Crippen LogP contribution in [0.25, 0.3) is 10.9 Å². The van der Waals surface area contributed by atoms with Crippen LogP contribution >= 0.6 is 0 Å². The Morgan fingerprint density at radius 2 is 1.95 bits per heavy atom. The van der Waals surface area contributed by atoms with Gasteiger partial charge in [0, 0.05) is 17.6 Å². The smallest absolute Gasteiger partial charge is 0.0704 e. The highest BCUT2D eigenvalue weighted by atomic mass is 14.9. The second kappa shape index (κ2) is 5.53. The van der Waals surface area contributed by atoms with E-state index in [-0.39, 0.29) is 0 Å². The molecule has 1 fully saturated rings. The summed E-state index contributed by atoms with van der Waals surface area (Å²) in [5, 5.41) is 4.88. The van der Waals surface area contributed by atoms with Crippen LogP contribution < -0.4 is 5.32 Å². The minimum Gasteiger partial charge on any atom is -0.316 e. The Bertz CT molecular complexity index is 579. The van der Waals surface area contributed by atoms with Crippen molar-refractivity contribution >= 4 is 10.9 Å². The fourth-order valence-electron chi connectivity index (χ4n) is 3.78. The molecule has 0 bridgehead atoms. The molecule has 1 aliphatic rings. The fraction of sp³-hybridized carbons (Fsp3) is 0.500. The van der Waals surface area contributed by atoms with Gasteiger partial charge in [0.05, 0.1) is 5.52 Å². The maximum atomic E-state index is 4.47. The number of benzene rings is 1. The van der Waals surface area contributed by atoms with Gasteiger partial charge < -0.3 is 5.32 Å². The number of nitrogens with zero attached hydrogens (tertiary/aromatic N) is 1. The number of hydrogen-bond acceptors (Lipinski definition) is 2. The van der Waals surface area contributed by atoms with E-state index in [1.807, 2.05) is 6.20 Å². The summed E-state index contributed by atoms with van der Waals surface area (Å²) in [5.41, 5.74) is 2.97. The molecule has 1 unspecified atom stereocenters. The standard InChI is InChI=1S/C18H24N2/c1-18(10-5-6-11-18)17(19-2)13-14-9-12-20-16-8-4-3-7-15(14)16/h3-4,7-9,12,17,19H,5-6,10-11,13H2,1-2H3. The van der Waals surface area contributed by atoms with E-state index >= 15 is 0 Å². The minimum absolute atomic E-state index is 0.444. The lowest BCUT2D eigenvalue weighted by molar-refractivity contribution is 0.229. The van der Waals surface area contributed by atoms with Gasteiger partial charge in [-0.1, -0.05) is 38.0 Å². The van der Waals surface area contributed by atoms with Gasteiger partial charge in [-0.2, -0.15) is 0 Å². The van der Waals surface area contributed by atoms with Crippen LogP contribution in [0.1, 0.15) is 38.2 Å². The second-order valence-corrected chi connectivity index (χ2v) is 6.39. The normalized spacial score (nSPS) is 19.3. The van der Waals surface area contributed by atoms with E-state index in [0.29, 0.717) is 11.5 Å². The third kappa shape index (κ3) is 2.45. The van der Waals surface area contributed by atoms with Gasteiger partial charge in [0.15, 0.2) is 0 Å². The van der Waals surface area contributed by atoms with Crippen molar-refractivity contribution in [3.8, 4) is 0 Å². The van der Waals surface area contributed by atoms with E-state index in [2.05, 4.69) is 54.6 Å². The number of rotatable bonds is 4. The zero-order chi connectivity index (χ0) is 14.0. The molecule has 0 aliphatic heterocycles. The van der Waals surface area contributed by atoms with Crippen molar-refractivity contribution < 1.29 is 0 Å². The Kier molecular flexibility index (Phi) is 3.75. The Balaban J connectivity index is 1.91.